The third-order valence-electron chi connectivity index (χ3n) is 2.30. The van der Waals surface area contributed by atoms with Crippen molar-refractivity contribution < 1.29 is 0 Å². The molecule has 1 aromatic rings. The van der Waals surface area contributed by atoms with Crippen molar-refractivity contribution in [1.82, 2.24) is 9.78 Å². The highest BCUT2D eigenvalue weighted by atomic mass is 15.3. The maximum absolute atomic E-state index is 4.56. The predicted octanol–water partition coefficient (Wildman–Crippen LogP) is 2.52. The van der Waals surface area contributed by atoms with Crippen molar-refractivity contribution in [1.29, 1.82) is 0 Å². The average Bonchev–Trinajstić information content (AvgIpc) is 2.66. The van der Waals surface area contributed by atoms with Gasteiger partial charge in [-0.05, 0) is 18.9 Å². The first kappa shape index (κ1) is 7.84. The van der Waals surface area contributed by atoms with Crippen molar-refractivity contribution in [2.75, 3.05) is 0 Å². The highest BCUT2D eigenvalue weighted by Crippen LogP contribution is 2.34. The van der Waals surface area contributed by atoms with E-state index in [4.69, 9.17) is 0 Å². The first-order valence-electron chi connectivity index (χ1n) is 4.63. The second kappa shape index (κ2) is 2.35. The molecule has 1 aromatic heterocycles. The number of rotatable bonds is 1. The van der Waals surface area contributed by atoms with Crippen LogP contribution >= 0.6 is 0 Å². The molecule has 0 saturated heterocycles. The van der Waals surface area contributed by atoms with Gasteiger partial charge in [0.25, 0.3) is 0 Å². The maximum atomic E-state index is 4.56. The van der Waals surface area contributed by atoms with Gasteiger partial charge in [-0.2, -0.15) is 5.10 Å². The standard InChI is InChI=1S/C10H16N2/c1-10(2,3)9-6-7-12(11-9)8-4-5-8/h6-8H,4-5H2,1-3H3. The summed E-state index contributed by atoms with van der Waals surface area (Å²) < 4.78 is 2.11. The van der Waals surface area contributed by atoms with Crippen LogP contribution in [0.4, 0.5) is 0 Å². The Hall–Kier alpha value is -0.790. The molecule has 0 unspecified atom stereocenters. The summed E-state index contributed by atoms with van der Waals surface area (Å²) in [7, 11) is 0. The van der Waals surface area contributed by atoms with Gasteiger partial charge in [0.2, 0.25) is 0 Å². The molecule has 0 bridgehead atoms. The van der Waals surface area contributed by atoms with Gasteiger partial charge < -0.3 is 0 Å². The molecule has 1 fully saturated rings. The number of aromatic nitrogens is 2. The fraction of sp³-hybridized carbons (Fsp3) is 0.700. The fourth-order valence-electron chi connectivity index (χ4n) is 1.28. The molecular weight excluding hydrogens is 148 g/mol. The predicted molar refractivity (Wildman–Crippen MR) is 49.2 cm³/mol. The van der Waals surface area contributed by atoms with Crippen molar-refractivity contribution in [3.05, 3.63) is 18.0 Å². The van der Waals surface area contributed by atoms with Crippen LogP contribution in [0.5, 0.6) is 0 Å². The number of hydrogen-bond donors (Lipinski definition) is 0. The molecule has 1 aliphatic carbocycles. The zero-order valence-electron chi connectivity index (χ0n) is 8.04. The van der Waals surface area contributed by atoms with E-state index in [2.05, 4.69) is 42.8 Å². The normalized spacial score (nSPS) is 18.2. The molecule has 0 atom stereocenters. The number of nitrogens with zero attached hydrogens (tertiary/aromatic N) is 2. The van der Waals surface area contributed by atoms with Crippen LogP contribution in [0.15, 0.2) is 12.3 Å². The van der Waals surface area contributed by atoms with Gasteiger partial charge in [0.05, 0.1) is 11.7 Å². The Morgan fingerprint density at radius 3 is 2.50 bits per heavy atom. The van der Waals surface area contributed by atoms with Gasteiger partial charge in [0.15, 0.2) is 0 Å². The SMILES string of the molecule is CC(C)(C)c1ccn(C2CC2)n1. The van der Waals surface area contributed by atoms with E-state index in [9.17, 15) is 0 Å². The lowest BCUT2D eigenvalue weighted by atomic mass is 9.93. The third-order valence-corrected chi connectivity index (χ3v) is 2.30. The van der Waals surface area contributed by atoms with Crippen LogP contribution in [0.1, 0.15) is 45.3 Å². The molecule has 2 heteroatoms. The molecule has 0 spiro atoms. The van der Waals surface area contributed by atoms with Gasteiger partial charge in [-0.25, -0.2) is 0 Å². The van der Waals surface area contributed by atoms with Crippen molar-refractivity contribution >= 4 is 0 Å². The Labute approximate surface area is 73.6 Å². The maximum Gasteiger partial charge on any atom is 0.0678 e. The van der Waals surface area contributed by atoms with E-state index in [0.29, 0.717) is 6.04 Å². The number of hydrogen-bond acceptors (Lipinski definition) is 1. The zero-order chi connectivity index (χ0) is 8.77. The highest BCUT2D eigenvalue weighted by molar-refractivity contribution is 5.11. The molecule has 2 nitrogen and oxygen atoms in total. The summed E-state index contributed by atoms with van der Waals surface area (Å²) >= 11 is 0. The van der Waals surface area contributed by atoms with Gasteiger partial charge in [-0.1, -0.05) is 20.8 Å². The Balaban J connectivity index is 2.23. The molecule has 0 N–H and O–H groups in total. The van der Waals surface area contributed by atoms with E-state index < -0.39 is 0 Å². The minimum Gasteiger partial charge on any atom is -0.269 e. The lowest BCUT2D eigenvalue weighted by molar-refractivity contribution is 0.537. The molecule has 1 aliphatic rings. The van der Waals surface area contributed by atoms with Crippen LogP contribution < -0.4 is 0 Å². The first-order chi connectivity index (χ1) is 5.57. The molecule has 2 rings (SSSR count). The molecule has 0 aliphatic heterocycles. The molecule has 0 aromatic carbocycles. The van der Waals surface area contributed by atoms with E-state index in [1.807, 2.05) is 0 Å². The summed E-state index contributed by atoms with van der Waals surface area (Å²) in [6.07, 6.45) is 4.73. The zero-order valence-corrected chi connectivity index (χ0v) is 8.04. The lowest BCUT2D eigenvalue weighted by Gasteiger charge is -2.14. The van der Waals surface area contributed by atoms with E-state index in [1.165, 1.54) is 18.5 Å². The molecule has 0 radical (unpaired) electrons. The largest absolute Gasteiger partial charge is 0.269 e. The monoisotopic (exact) mass is 164 g/mol. The van der Waals surface area contributed by atoms with Gasteiger partial charge in [0, 0.05) is 11.6 Å². The van der Waals surface area contributed by atoms with Crippen LogP contribution in [-0.4, -0.2) is 9.78 Å². The summed E-state index contributed by atoms with van der Waals surface area (Å²) in [5.41, 5.74) is 1.40. The van der Waals surface area contributed by atoms with E-state index in [1.54, 1.807) is 0 Å². The first-order valence-corrected chi connectivity index (χ1v) is 4.63. The Bertz CT molecular complexity index is 276. The van der Waals surface area contributed by atoms with E-state index in [0.717, 1.165) is 0 Å². The topological polar surface area (TPSA) is 17.8 Å². The quantitative estimate of drug-likeness (QED) is 0.623. The Kier molecular flexibility index (Phi) is 1.53. The van der Waals surface area contributed by atoms with Crippen LogP contribution in [0, 0.1) is 0 Å². The molecule has 12 heavy (non-hydrogen) atoms. The molecular formula is C10H16N2. The smallest absolute Gasteiger partial charge is 0.0678 e. The van der Waals surface area contributed by atoms with Crippen molar-refractivity contribution in [2.24, 2.45) is 0 Å². The van der Waals surface area contributed by atoms with Crippen LogP contribution in [0.3, 0.4) is 0 Å². The molecule has 66 valence electrons. The second-order valence-corrected chi connectivity index (χ2v) is 4.66. The minimum atomic E-state index is 0.195. The average molecular weight is 164 g/mol. The van der Waals surface area contributed by atoms with Gasteiger partial charge >= 0.3 is 0 Å². The van der Waals surface area contributed by atoms with Gasteiger partial charge in [-0.15, -0.1) is 0 Å². The van der Waals surface area contributed by atoms with Crippen molar-refractivity contribution in [3.63, 3.8) is 0 Å². The summed E-state index contributed by atoms with van der Waals surface area (Å²) in [5.74, 6) is 0. The fourth-order valence-corrected chi connectivity index (χ4v) is 1.28. The molecule has 1 saturated carbocycles. The summed E-state index contributed by atoms with van der Waals surface area (Å²) in [4.78, 5) is 0. The summed E-state index contributed by atoms with van der Waals surface area (Å²) in [6.45, 7) is 6.60. The van der Waals surface area contributed by atoms with Crippen LogP contribution in [0.2, 0.25) is 0 Å². The third kappa shape index (κ3) is 1.38. The molecule has 0 amide bonds. The van der Waals surface area contributed by atoms with E-state index in [-0.39, 0.29) is 5.41 Å². The Morgan fingerprint density at radius 2 is 2.08 bits per heavy atom. The van der Waals surface area contributed by atoms with Gasteiger partial charge in [-0.3, -0.25) is 4.68 Å². The lowest BCUT2D eigenvalue weighted by Crippen LogP contribution is -2.12. The van der Waals surface area contributed by atoms with Crippen molar-refractivity contribution in [3.8, 4) is 0 Å². The summed E-state index contributed by atoms with van der Waals surface area (Å²) in [5, 5.41) is 4.56. The van der Waals surface area contributed by atoms with Crippen LogP contribution in [-0.2, 0) is 5.41 Å². The Morgan fingerprint density at radius 1 is 1.42 bits per heavy atom. The minimum absolute atomic E-state index is 0.195. The molecule has 1 heterocycles. The van der Waals surface area contributed by atoms with E-state index >= 15 is 0 Å². The summed E-state index contributed by atoms with van der Waals surface area (Å²) in [6, 6.07) is 2.85. The highest BCUT2D eigenvalue weighted by Gasteiger charge is 2.26. The van der Waals surface area contributed by atoms with Gasteiger partial charge in [0.1, 0.15) is 0 Å². The van der Waals surface area contributed by atoms with Crippen molar-refractivity contribution in [2.45, 2.75) is 45.1 Å². The van der Waals surface area contributed by atoms with Crippen LogP contribution in [0.25, 0.3) is 0 Å². The second-order valence-electron chi connectivity index (χ2n) is 4.66.